The zero-order chi connectivity index (χ0) is 19.4. The summed E-state index contributed by atoms with van der Waals surface area (Å²) in [6.45, 7) is -0.538. The predicted octanol–water partition coefficient (Wildman–Crippen LogP) is -3.01. The minimum atomic E-state index is -1.44. The fourth-order valence-electron chi connectivity index (χ4n) is 2.40. The molecule has 26 heavy (non-hydrogen) atoms. The van der Waals surface area contributed by atoms with Crippen molar-refractivity contribution >= 4 is 17.7 Å². The summed E-state index contributed by atoms with van der Waals surface area (Å²) >= 11 is 0. The molecule has 1 aliphatic rings. The molecule has 2 heterocycles. The number of anilines is 1. The summed E-state index contributed by atoms with van der Waals surface area (Å²) in [5.41, 5.74) is 4.43. The number of aliphatic hydroxyl groups is 3. The highest BCUT2D eigenvalue weighted by atomic mass is 16.6. The molecule has 0 radical (unpaired) electrons. The SMILES string of the molecule is NC(CCC(=O)Nc1ccn([C@@H]2O[C@H](CO)C(O)C2O)c(=O)n1)C(=O)O. The van der Waals surface area contributed by atoms with Gasteiger partial charge in [0.05, 0.1) is 6.61 Å². The van der Waals surface area contributed by atoms with Gasteiger partial charge in [-0.05, 0) is 12.5 Å². The van der Waals surface area contributed by atoms with Crippen molar-refractivity contribution in [2.45, 2.75) is 43.4 Å². The molecule has 1 aromatic rings. The highest BCUT2D eigenvalue weighted by Gasteiger charge is 2.43. The number of carbonyl (C=O) groups is 2. The van der Waals surface area contributed by atoms with E-state index in [-0.39, 0.29) is 18.7 Å². The van der Waals surface area contributed by atoms with E-state index in [4.69, 9.17) is 20.7 Å². The highest BCUT2D eigenvalue weighted by Crippen LogP contribution is 2.28. The summed E-state index contributed by atoms with van der Waals surface area (Å²) in [5.74, 6) is -1.87. The number of hydrogen-bond donors (Lipinski definition) is 6. The Morgan fingerprint density at radius 1 is 1.38 bits per heavy atom. The first-order valence-corrected chi connectivity index (χ1v) is 7.74. The van der Waals surface area contributed by atoms with Gasteiger partial charge in [0, 0.05) is 12.6 Å². The Morgan fingerprint density at radius 2 is 2.08 bits per heavy atom. The first kappa shape index (κ1) is 19.9. The first-order valence-electron chi connectivity index (χ1n) is 7.74. The second kappa shape index (κ2) is 8.33. The molecular formula is C14H20N4O8. The van der Waals surface area contributed by atoms with Crippen LogP contribution in [-0.4, -0.2) is 72.8 Å². The van der Waals surface area contributed by atoms with E-state index in [0.717, 1.165) is 4.57 Å². The van der Waals surface area contributed by atoms with Crippen molar-refractivity contribution in [2.75, 3.05) is 11.9 Å². The molecule has 5 atom stereocenters. The number of carboxylic acid groups (broad SMARTS) is 1. The number of hydrogen-bond acceptors (Lipinski definition) is 9. The number of nitrogens with two attached hydrogens (primary N) is 1. The van der Waals surface area contributed by atoms with Crippen molar-refractivity contribution in [3.8, 4) is 0 Å². The van der Waals surface area contributed by atoms with Gasteiger partial charge in [-0.3, -0.25) is 14.2 Å². The van der Waals surface area contributed by atoms with Crippen molar-refractivity contribution < 1.29 is 34.8 Å². The number of nitrogens with zero attached hydrogens (tertiary/aromatic N) is 2. The quantitative estimate of drug-likeness (QED) is 0.286. The Morgan fingerprint density at radius 3 is 2.62 bits per heavy atom. The van der Waals surface area contributed by atoms with Gasteiger partial charge < -0.3 is 36.2 Å². The second-order valence-electron chi connectivity index (χ2n) is 5.76. The Hall–Kier alpha value is -2.38. The molecule has 0 spiro atoms. The fourth-order valence-corrected chi connectivity index (χ4v) is 2.40. The molecule has 1 amide bonds. The van der Waals surface area contributed by atoms with Gasteiger partial charge in [-0.25, -0.2) is 4.79 Å². The minimum absolute atomic E-state index is 0.0770. The van der Waals surface area contributed by atoms with Crippen molar-refractivity contribution in [2.24, 2.45) is 5.73 Å². The Kier molecular flexibility index (Phi) is 6.39. The maximum absolute atomic E-state index is 12.1. The fraction of sp³-hybridized carbons (Fsp3) is 0.571. The van der Waals surface area contributed by atoms with E-state index in [9.17, 15) is 24.6 Å². The van der Waals surface area contributed by atoms with Crippen molar-refractivity contribution in [3.05, 3.63) is 22.7 Å². The molecule has 0 bridgehead atoms. The van der Waals surface area contributed by atoms with Crippen LogP contribution in [0.25, 0.3) is 0 Å². The van der Waals surface area contributed by atoms with E-state index in [1.54, 1.807) is 0 Å². The first-order chi connectivity index (χ1) is 12.2. The monoisotopic (exact) mass is 372 g/mol. The molecule has 7 N–H and O–H groups in total. The van der Waals surface area contributed by atoms with Crippen molar-refractivity contribution in [3.63, 3.8) is 0 Å². The van der Waals surface area contributed by atoms with E-state index < -0.39 is 54.8 Å². The summed E-state index contributed by atoms with van der Waals surface area (Å²) in [4.78, 5) is 38.0. The maximum Gasteiger partial charge on any atom is 0.351 e. The number of nitrogens with one attached hydrogen (secondary N) is 1. The largest absolute Gasteiger partial charge is 0.480 e. The lowest BCUT2D eigenvalue weighted by molar-refractivity contribution is -0.138. The smallest absolute Gasteiger partial charge is 0.351 e. The van der Waals surface area contributed by atoms with Crippen LogP contribution in [0.15, 0.2) is 17.1 Å². The molecule has 12 nitrogen and oxygen atoms in total. The minimum Gasteiger partial charge on any atom is -0.480 e. The van der Waals surface area contributed by atoms with Gasteiger partial charge in [0.15, 0.2) is 6.23 Å². The van der Waals surface area contributed by atoms with E-state index in [0.29, 0.717) is 0 Å². The van der Waals surface area contributed by atoms with Gasteiger partial charge >= 0.3 is 11.7 Å². The average Bonchev–Trinajstić information content (AvgIpc) is 2.87. The van der Waals surface area contributed by atoms with Crippen LogP contribution in [-0.2, 0) is 14.3 Å². The van der Waals surface area contributed by atoms with Gasteiger partial charge in [0.2, 0.25) is 5.91 Å². The zero-order valence-electron chi connectivity index (χ0n) is 13.6. The number of carboxylic acids is 1. The molecule has 0 aromatic carbocycles. The van der Waals surface area contributed by atoms with Crippen LogP contribution in [0.4, 0.5) is 5.82 Å². The summed E-state index contributed by atoms with van der Waals surface area (Å²) < 4.78 is 6.14. The molecule has 3 unspecified atom stereocenters. The lowest BCUT2D eigenvalue weighted by Gasteiger charge is -2.17. The molecule has 1 saturated heterocycles. The number of aliphatic carboxylic acids is 1. The summed E-state index contributed by atoms with van der Waals surface area (Å²) in [6.07, 6.45) is -4.14. The number of rotatable bonds is 7. The molecular weight excluding hydrogens is 352 g/mol. The van der Waals surface area contributed by atoms with Gasteiger partial charge in [0.25, 0.3) is 0 Å². The Balaban J connectivity index is 2.02. The average molecular weight is 372 g/mol. The van der Waals surface area contributed by atoms with Gasteiger partial charge in [-0.2, -0.15) is 4.98 Å². The van der Waals surface area contributed by atoms with Crippen LogP contribution in [0, 0.1) is 0 Å². The number of carbonyl (C=O) groups excluding carboxylic acids is 1. The Labute approximate surface area is 146 Å². The molecule has 1 aliphatic heterocycles. The lowest BCUT2D eigenvalue weighted by Crippen LogP contribution is -2.36. The van der Waals surface area contributed by atoms with Crippen molar-refractivity contribution in [1.29, 1.82) is 0 Å². The number of ether oxygens (including phenoxy) is 1. The third kappa shape index (κ3) is 4.42. The molecule has 1 aromatic heterocycles. The molecule has 2 rings (SSSR count). The van der Waals surface area contributed by atoms with Crippen LogP contribution in [0.5, 0.6) is 0 Å². The molecule has 1 fully saturated rings. The van der Waals surface area contributed by atoms with Crippen LogP contribution in [0.3, 0.4) is 0 Å². The highest BCUT2D eigenvalue weighted by molar-refractivity contribution is 5.90. The summed E-state index contributed by atoms with van der Waals surface area (Å²) in [5, 5.41) is 39.7. The lowest BCUT2D eigenvalue weighted by atomic mass is 10.1. The molecule has 0 aliphatic carbocycles. The number of amides is 1. The van der Waals surface area contributed by atoms with Crippen LogP contribution in [0.2, 0.25) is 0 Å². The second-order valence-corrected chi connectivity index (χ2v) is 5.76. The van der Waals surface area contributed by atoms with Crippen LogP contribution >= 0.6 is 0 Å². The van der Waals surface area contributed by atoms with E-state index >= 15 is 0 Å². The van der Waals surface area contributed by atoms with Crippen molar-refractivity contribution in [1.82, 2.24) is 9.55 Å². The normalized spacial score (nSPS) is 26.5. The third-order valence-corrected chi connectivity index (χ3v) is 3.89. The topological polar surface area (TPSA) is 197 Å². The van der Waals surface area contributed by atoms with E-state index in [1.165, 1.54) is 12.3 Å². The molecule has 0 saturated carbocycles. The third-order valence-electron chi connectivity index (χ3n) is 3.89. The summed E-state index contributed by atoms with van der Waals surface area (Å²) in [7, 11) is 0. The van der Waals surface area contributed by atoms with Gasteiger partial charge in [0.1, 0.15) is 30.2 Å². The summed E-state index contributed by atoms with van der Waals surface area (Å²) in [6, 6.07) is 0.0964. The van der Waals surface area contributed by atoms with E-state index in [2.05, 4.69) is 10.3 Å². The van der Waals surface area contributed by atoms with Crippen LogP contribution < -0.4 is 16.7 Å². The van der Waals surface area contributed by atoms with Crippen LogP contribution in [0.1, 0.15) is 19.1 Å². The Bertz CT molecular complexity index is 723. The zero-order valence-corrected chi connectivity index (χ0v) is 13.6. The standard InChI is InChI=1S/C14H20N4O8/c15-6(13(23)24)1-2-9(20)16-8-3-4-18(14(25)17-8)12-11(22)10(21)7(5-19)26-12/h3-4,6-7,10-12,19,21-22H,1-2,5,15H2,(H,23,24)(H,16,17,20,25)/t6?,7-,10?,11?,12-/m1/s1. The molecule has 144 valence electrons. The predicted molar refractivity (Wildman–Crippen MR) is 85.0 cm³/mol. The van der Waals surface area contributed by atoms with Gasteiger partial charge in [-0.15, -0.1) is 0 Å². The van der Waals surface area contributed by atoms with E-state index in [1.807, 2.05) is 0 Å². The molecule has 12 heteroatoms. The van der Waals surface area contributed by atoms with Gasteiger partial charge in [-0.1, -0.05) is 0 Å². The maximum atomic E-state index is 12.1. The number of aliphatic hydroxyl groups excluding tert-OH is 3. The number of aromatic nitrogens is 2.